The molecule has 0 amide bonds. The van der Waals surface area contributed by atoms with Crippen molar-refractivity contribution in [2.45, 2.75) is 110 Å². The van der Waals surface area contributed by atoms with Gasteiger partial charge in [-0.25, -0.2) is 0 Å². The molecule has 0 aromatic heterocycles. The molecule has 156 valence electrons. The van der Waals surface area contributed by atoms with Gasteiger partial charge in [-0.2, -0.15) is 0 Å². The highest BCUT2D eigenvalue weighted by Gasteiger charge is 2.42. The third kappa shape index (κ3) is 8.60. The van der Waals surface area contributed by atoms with Crippen LogP contribution in [0.3, 0.4) is 0 Å². The molecule has 0 aliphatic heterocycles. The van der Waals surface area contributed by atoms with E-state index in [1.165, 1.54) is 0 Å². The van der Waals surface area contributed by atoms with Crippen LogP contribution in [0.1, 0.15) is 61.8 Å². The lowest BCUT2D eigenvalue weighted by atomic mass is 10.00. The van der Waals surface area contributed by atoms with Gasteiger partial charge < -0.3 is 8.85 Å². The minimum atomic E-state index is -1.85. The fourth-order valence-electron chi connectivity index (χ4n) is 2.29. The van der Waals surface area contributed by atoms with Crippen LogP contribution in [0.15, 0.2) is 9.47 Å². The maximum Gasteiger partial charge on any atom is 0.192 e. The van der Waals surface area contributed by atoms with Crippen LogP contribution in [-0.2, 0) is 8.85 Å². The van der Waals surface area contributed by atoms with Gasteiger partial charge in [0.05, 0.1) is 9.50 Å². The van der Waals surface area contributed by atoms with Crippen LogP contribution in [0.5, 0.6) is 0 Å². The summed E-state index contributed by atoms with van der Waals surface area (Å²) in [6.07, 6.45) is 3.46. The maximum absolute atomic E-state index is 6.82. The summed E-state index contributed by atoms with van der Waals surface area (Å²) in [6.45, 7) is 27.5. The number of halogens is 2. The SMILES string of the molecule is CC(CC(O[Si](C)(C)C(C)(C)C)C(C)C=C(Br)Br)O[Si](C)(C)C(C)(C)C. The molecule has 0 N–H and O–H groups in total. The van der Waals surface area contributed by atoms with E-state index in [2.05, 4.69) is 120 Å². The van der Waals surface area contributed by atoms with E-state index in [1.807, 2.05) is 0 Å². The lowest BCUT2D eigenvalue weighted by Crippen LogP contribution is -2.48. The minimum Gasteiger partial charge on any atom is -0.414 e. The minimum absolute atomic E-state index is 0.153. The Kier molecular flexibility index (Phi) is 10.1. The average Bonchev–Trinajstić information content (AvgIpc) is 2.32. The van der Waals surface area contributed by atoms with E-state index >= 15 is 0 Å². The molecule has 6 heteroatoms. The van der Waals surface area contributed by atoms with Crippen LogP contribution in [0, 0.1) is 5.92 Å². The molecule has 0 bridgehead atoms. The van der Waals surface area contributed by atoms with E-state index in [0.717, 1.165) is 9.81 Å². The van der Waals surface area contributed by atoms with E-state index in [4.69, 9.17) is 8.85 Å². The second-order valence-electron chi connectivity index (χ2n) is 10.7. The summed E-state index contributed by atoms with van der Waals surface area (Å²) in [7, 11) is -3.62. The summed E-state index contributed by atoms with van der Waals surface area (Å²) in [5, 5.41) is 0.422. The first-order valence-corrected chi connectivity index (χ1v) is 17.1. The fourth-order valence-corrected chi connectivity index (χ4v) is 6.00. The van der Waals surface area contributed by atoms with E-state index in [1.54, 1.807) is 0 Å². The van der Waals surface area contributed by atoms with Crippen molar-refractivity contribution in [3.8, 4) is 0 Å². The third-order valence-corrected chi connectivity index (χ3v) is 15.7. The Labute approximate surface area is 182 Å². The normalized spacial score (nSPS) is 17.6. The van der Waals surface area contributed by atoms with Gasteiger partial charge in [0.2, 0.25) is 0 Å². The zero-order valence-electron chi connectivity index (χ0n) is 19.1. The highest BCUT2D eigenvalue weighted by Crippen LogP contribution is 2.40. The third-order valence-electron chi connectivity index (χ3n) is 6.09. The molecule has 0 rings (SSSR count). The predicted molar refractivity (Wildman–Crippen MR) is 130 cm³/mol. The summed E-state index contributed by atoms with van der Waals surface area (Å²) in [5.74, 6) is 0.309. The predicted octanol–water partition coefficient (Wildman–Crippen LogP) is 8.44. The zero-order chi connectivity index (χ0) is 21.1. The Morgan fingerprint density at radius 1 is 0.846 bits per heavy atom. The molecule has 0 aromatic rings. The molecule has 0 saturated heterocycles. The standard InChI is InChI=1S/C20H42Br2O2Si2/c1-15(13-18(21)22)17(24-26(11,12)20(6,7)8)14-16(2)23-25(9,10)19(3,4)5/h13,15-17H,14H2,1-12H3. The van der Waals surface area contributed by atoms with E-state index in [9.17, 15) is 0 Å². The summed E-state index contributed by atoms with van der Waals surface area (Å²) in [4.78, 5) is 0. The number of rotatable bonds is 8. The average molecular weight is 531 g/mol. The highest BCUT2D eigenvalue weighted by atomic mass is 79.9. The second-order valence-corrected chi connectivity index (χ2v) is 22.9. The molecule has 0 aliphatic rings. The second kappa shape index (κ2) is 9.70. The summed E-state index contributed by atoms with van der Waals surface area (Å²) >= 11 is 7.03. The van der Waals surface area contributed by atoms with Gasteiger partial charge in [-0.05, 0) is 81.5 Å². The molecule has 0 saturated carbocycles. The molecule has 3 unspecified atom stereocenters. The molecule has 0 aromatic carbocycles. The van der Waals surface area contributed by atoms with Gasteiger partial charge in [0, 0.05) is 12.0 Å². The molecular weight excluding hydrogens is 488 g/mol. The van der Waals surface area contributed by atoms with Gasteiger partial charge in [-0.1, -0.05) is 54.5 Å². The van der Waals surface area contributed by atoms with Crippen LogP contribution in [0.25, 0.3) is 0 Å². The molecule has 0 spiro atoms. The Morgan fingerprint density at radius 3 is 1.58 bits per heavy atom. The Bertz CT molecular complexity index is 473. The molecule has 3 atom stereocenters. The molecule has 0 radical (unpaired) electrons. The fraction of sp³-hybridized carbons (Fsp3) is 0.900. The van der Waals surface area contributed by atoms with E-state index < -0.39 is 16.6 Å². The molecular formula is C20H42Br2O2Si2. The Balaban J connectivity index is 5.41. The van der Waals surface area contributed by atoms with Crippen molar-refractivity contribution in [3.63, 3.8) is 0 Å². The van der Waals surface area contributed by atoms with E-state index in [0.29, 0.717) is 5.92 Å². The van der Waals surface area contributed by atoms with Crippen molar-refractivity contribution in [2.24, 2.45) is 5.92 Å². The van der Waals surface area contributed by atoms with Crippen molar-refractivity contribution >= 4 is 48.5 Å². The first kappa shape index (κ1) is 27.1. The maximum atomic E-state index is 6.82. The lowest BCUT2D eigenvalue weighted by molar-refractivity contribution is 0.0802. The van der Waals surface area contributed by atoms with Gasteiger partial charge in [0.25, 0.3) is 0 Å². The smallest absolute Gasteiger partial charge is 0.192 e. The quantitative estimate of drug-likeness (QED) is 0.293. The van der Waals surface area contributed by atoms with Gasteiger partial charge in [0.15, 0.2) is 16.6 Å². The summed E-state index contributed by atoms with van der Waals surface area (Å²) < 4.78 is 14.4. The first-order valence-electron chi connectivity index (χ1n) is 9.68. The first-order chi connectivity index (χ1) is 11.3. The Morgan fingerprint density at radius 2 is 1.23 bits per heavy atom. The van der Waals surface area contributed by atoms with Crippen molar-refractivity contribution in [1.29, 1.82) is 0 Å². The number of hydrogen-bond donors (Lipinski definition) is 0. The lowest BCUT2D eigenvalue weighted by Gasteiger charge is -2.43. The van der Waals surface area contributed by atoms with Crippen LogP contribution < -0.4 is 0 Å². The molecule has 26 heavy (non-hydrogen) atoms. The van der Waals surface area contributed by atoms with Crippen LogP contribution in [-0.4, -0.2) is 28.8 Å². The van der Waals surface area contributed by atoms with Crippen molar-refractivity contribution < 1.29 is 8.85 Å². The van der Waals surface area contributed by atoms with Crippen molar-refractivity contribution in [3.05, 3.63) is 9.47 Å². The van der Waals surface area contributed by atoms with Crippen LogP contribution >= 0.6 is 31.9 Å². The van der Waals surface area contributed by atoms with Gasteiger partial charge >= 0.3 is 0 Å². The zero-order valence-corrected chi connectivity index (χ0v) is 24.3. The molecule has 0 fully saturated rings. The summed E-state index contributed by atoms with van der Waals surface area (Å²) in [5.41, 5.74) is 0. The molecule has 2 nitrogen and oxygen atoms in total. The molecule has 0 aliphatic carbocycles. The van der Waals surface area contributed by atoms with Crippen LogP contribution in [0.4, 0.5) is 0 Å². The van der Waals surface area contributed by atoms with E-state index in [-0.39, 0.29) is 22.3 Å². The summed E-state index contributed by atoms with van der Waals surface area (Å²) in [6, 6.07) is 0. The number of hydrogen-bond acceptors (Lipinski definition) is 2. The Hall–Kier alpha value is 1.05. The monoisotopic (exact) mass is 528 g/mol. The van der Waals surface area contributed by atoms with Gasteiger partial charge in [-0.15, -0.1) is 0 Å². The van der Waals surface area contributed by atoms with Crippen LogP contribution in [0.2, 0.25) is 36.3 Å². The van der Waals surface area contributed by atoms with Gasteiger partial charge in [0.1, 0.15) is 0 Å². The van der Waals surface area contributed by atoms with Crippen molar-refractivity contribution in [1.82, 2.24) is 0 Å². The highest BCUT2D eigenvalue weighted by molar-refractivity contribution is 9.28. The van der Waals surface area contributed by atoms with Gasteiger partial charge in [-0.3, -0.25) is 0 Å². The largest absolute Gasteiger partial charge is 0.414 e. The van der Waals surface area contributed by atoms with Crippen molar-refractivity contribution in [2.75, 3.05) is 0 Å². The topological polar surface area (TPSA) is 18.5 Å². The molecule has 0 heterocycles.